The van der Waals surface area contributed by atoms with Crippen molar-refractivity contribution in [2.45, 2.75) is 5.16 Å². The van der Waals surface area contributed by atoms with E-state index in [1.54, 1.807) is 12.3 Å². The van der Waals surface area contributed by atoms with Crippen molar-refractivity contribution in [3.8, 4) is 0 Å². The van der Waals surface area contributed by atoms with E-state index in [-0.39, 0.29) is 5.75 Å². The number of hydrogen-bond donors (Lipinski definition) is 3. The maximum atomic E-state index is 10.6. The first-order valence-corrected chi connectivity index (χ1v) is 7.07. The number of allylic oxidation sites excluding steroid dienone is 1. The second-order valence-corrected chi connectivity index (χ2v) is 4.82. The standard InChI is InChI=1S/C13H14N6OS/c14-11(20)9-21-13-16-12(18-19-13)17-15-8-4-7-10-5-2-1-3-6-10/h1-8H,9H2,(H2,14,20)(H2,16,17,18,19)/b7-4+,15-8-. The fourth-order valence-corrected chi connectivity index (χ4v) is 1.89. The van der Waals surface area contributed by atoms with Crippen LogP contribution in [0.15, 0.2) is 46.7 Å². The summed E-state index contributed by atoms with van der Waals surface area (Å²) in [5.41, 5.74) is 8.83. The predicted octanol–water partition coefficient (Wildman–Crippen LogP) is 1.49. The monoisotopic (exact) mass is 302 g/mol. The summed E-state index contributed by atoms with van der Waals surface area (Å²) in [5.74, 6) is 0.120. The van der Waals surface area contributed by atoms with Crippen LogP contribution in [0.1, 0.15) is 5.56 Å². The third kappa shape index (κ3) is 5.49. The second kappa shape index (κ2) is 7.85. The Morgan fingerprint density at radius 1 is 1.43 bits per heavy atom. The van der Waals surface area contributed by atoms with Gasteiger partial charge in [0, 0.05) is 6.21 Å². The lowest BCUT2D eigenvalue weighted by atomic mass is 10.2. The fourth-order valence-electron chi connectivity index (χ4n) is 1.36. The molecule has 0 aliphatic carbocycles. The highest BCUT2D eigenvalue weighted by molar-refractivity contribution is 7.99. The molecule has 0 bridgehead atoms. The van der Waals surface area contributed by atoms with Crippen molar-refractivity contribution in [2.75, 3.05) is 11.2 Å². The first kappa shape index (κ1) is 14.8. The lowest BCUT2D eigenvalue weighted by Crippen LogP contribution is -2.13. The molecule has 8 heteroatoms. The van der Waals surface area contributed by atoms with Gasteiger partial charge in [0.2, 0.25) is 17.0 Å². The van der Waals surface area contributed by atoms with E-state index >= 15 is 0 Å². The highest BCUT2D eigenvalue weighted by Gasteiger charge is 2.04. The van der Waals surface area contributed by atoms with E-state index < -0.39 is 5.91 Å². The molecule has 21 heavy (non-hydrogen) atoms. The van der Waals surface area contributed by atoms with Gasteiger partial charge in [0.25, 0.3) is 0 Å². The Hall–Kier alpha value is -2.61. The van der Waals surface area contributed by atoms with Gasteiger partial charge in [-0.1, -0.05) is 48.2 Å². The van der Waals surface area contributed by atoms with Gasteiger partial charge in [0.15, 0.2) is 0 Å². The molecule has 1 aromatic heterocycles. The number of hydrogen-bond acceptors (Lipinski definition) is 6. The molecule has 1 amide bonds. The lowest BCUT2D eigenvalue weighted by molar-refractivity contribution is -0.115. The second-order valence-electron chi connectivity index (χ2n) is 3.88. The van der Waals surface area contributed by atoms with Crippen molar-refractivity contribution in [1.82, 2.24) is 15.2 Å². The van der Waals surface area contributed by atoms with E-state index in [0.717, 1.165) is 17.3 Å². The van der Waals surface area contributed by atoms with Crippen LogP contribution < -0.4 is 11.2 Å². The number of aromatic amines is 1. The van der Waals surface area contributed by atoms with Gasteiger partial charge in [0.1, 0.15) is 0 Å². The first-order chi connectivity index (χ1) is 10.2. The molecule has 108 valence electrons. The molecule has 2 rings (SSSR count). The van der Waals surface area contributed by atoms with Gasteiger partial charge in [-0.3, -0.25) is 4.79 Å². The van der Waals surface area contributed by atoms with Gasteiger partial charge >= 0.3 is 0 Å². The minimum atomic E-state index is -0.414. The van der Waals surface area contributed by atoms with Gasteiger partial charge < -0.3 is 5.73 Å². The topological polar surface area (TPSA) is 109 Å². The minimum Gasteiger partial charge on any atom is -0.369 e. The van der Waals surface area contributed by atoms with Crippen LogP contribution in [0.5, 0.6) is 0 Å². The number of carbonyl (C=O) groups excluding carboxylic acids is 1. The van der Waals surface area contributed by atoms with E-state index in [0.29, 0.717) is 11.1 Å². The van der Waals surface area contributed by atoms with Gasteiger partial charge in [0.05, 0.1) is 5.75 Å². The molecule has 0 fully saturated rings. The Morgan fingerprint density at radius 3 is 3.00 bits per heavy atom. The van der Waals surface area contributed by atoms with Crippen LogP contribution in [-0.4, -0.2) is 33.1 Å². The number of nitrogens with two attached hydrogens (primary N) is 1. The molecule has 4 N–H and O–H groups in total. The normalized spacial score (nSPS) is 11.2. The molecule has 0 atom stereocenters. The molecular weight excluding hydrogens is 288 g/mol. The van der Waals surface area contributed by atoms with Gasteiger partial charge in [-0.05, 0) is 11.6 Å². The number of carbonyl (C=O) groups is 1. The van der Waals surface area contributed by atoms with E-state index in [1.807, 2.05) is 36.4 Å². The van der Waals surface area contributed by atoms with E-state index in [1.165, 1.54) is 0 Å². The number of aromatic nitrogens is 3. The number of amides is 1. The number of rotatable bonds is 7. The number of anilines is 1. The Labute approximate surface area is 125 Å². The van der Waals surface area contributed by atoms with E-state index in [4.69, 9.17) is 5.73 Å². The molecule has 7 nitrogen and oxygen atoms in total. The first-order valence-electron chi connectivity index (χ1n) is 6.08. The maximum Gasteiger partial charge on any atom is 0.240 e. The van der Waals surface area contributed by atoms with Crippen LogP contribution in [0.3, 0.4) is 0 Å². The summed E-state index contributed by atoms with van der Waals surface area (Å²) in [6, 6.07) is 9.89. The molecule has 0 radical (unpaired) electrons. The summed E-state index contributed by atoms with van der Waals surface area (Å²) < 4.78 is 0. The predicted molar refractivity (Wildman–Crippen MR) is 83.9 cm³/mol. The maximum absolute atomic E-state index is 10.6. The molecule has 0 spiro atoms. The summed E-state index contributed by atoms with van der Waals surface area (Å²) in [5, 5.41) is 11.0. The summed E-state index contributed by atoms with van der Waals surface area (Å²) in [6.45, 7) is 0. The van der Waals surface area contributed by atoms with Gasteiger partial charge in [-0.15, -0.1) is 5.10 Å². The average molecular weight is 302 g/mol. The molecule has 1 aromatic carbocycles. The Bertz CT molecular complexity index is 637. The van der Waals surface area contributed by atoms with E-state index in [2.05, 4.69) is 25.7 Å². The van der Waals surface area contributed by atoms with Crippen molar-refractivity contribution in [3.63, 3.8) is 0 Å². The number of nitrogens with zero attached hydrogens (tertiary/aromatic N) is 3. The Morgan fingerprint density at radius 2 is 2.24 bits per heavy atom. The zero-order valence-electron chi connectivity index (χ0n) is 11.1. The van der Waals surface area contributed by atoms with Crippen molar-refractivity contribution < 1.29 is 4.79 Å². The van der Waals surface area contributed by atoms with Crippen molar-refractivity contribution >= 4 is 35.9 Å². The van der Waals surface area contributed by atoms with Crippen LogP contribution in [0.25, 0.3) is 6.08 Å². The minimum absolute atomic E-state index is 0.139. The van der Waals surface area contributed by atoms with Gasteiger partial charge in [-0.25, -0.2) is 10.5 Å². The number of nitrogens with one attached hydrogen (secondary N) is 2. The van der Waals surface area contributed by atoms with Crippen molar-refractivity contribution in [3.05, 3.63) is 42.0 Å². The molecule has 1 heterocycles. The molecule has 2 aromatic rings. The highest BCUT2D eigenvalue weighted by Crippen LogP contribution is 2.12. The number of hydrazone groups is 1. The lowest BCUT2D eigenvalue weighted by Gasteiger charge is -1.91. The van der Waals surface area contributed by atoms with Crippen LogP contribution in [0, 0.1) is 0 Å². The van der Waals surface area contributed by atoms with Crippen molar-refractivity contribution in [1.29, 1.82) is 0 Å². The zero-order valence-corrected chi connectivity index (χ0v) is 11.9. The van der Waals surface area contributed by atoms with E-state index in [9.17, 15) is 4.79 Å². The number of thioether (sulfide) groups is 1. The summed E-state index contributed by atoms with van der Waals surface area (Å²) in [7, 11) is 0. The average Bonchev–Trinajstić information content (AvgIpc) is 2.94. The molecule has 0 saturated carbocycles. The van der Waals surface area contributed by atoms with Crippen molar-refractivity contribution in [2.24, 2.45) is 10.8 Å². The summed E-state index contributed by atoms with van der Waals surface area (Å²) in [6.07, 6.45) is 5.34. The molecule has 0 saturated heterocycles. The highest BCUT2D eigenvalue weighted by atomic mass is 32.2. The molecular formula is C13H14N6OS. The Kier molecular flexibility index (Phi) is 5.53. The van der Waals surface area contributed by atoms with Crippen LogP contribution in [0.4, 0.5) is 5.95 Å². The Balaban J connectivity index is 1.79. The van der Waals surface area contributed by atoms with Gasteiger partial charge in [-0.2, -0.15) is 10.1 Å². The smallest absolute Gasteiger partial charge is 0.240 e. The third-order valence-corrected chi connectivity index (χ3v) is 3.10. The fraction of sp³-hybridized carbons (Fsp3) is 0.0769. The molecule has 0 aliphatic rings. The molecule has 0 unspecified atom stereocenters. The number of benzene rings is 1. The number of H-pyrrole nitrogens is 1. The van der Waals surface area contributed by atoms with Crippen LogP contribution in [-0.2, 0) is 4.79 Å². The SMILES string of the molecule is NC(=O)CSc1n[nH]c(N/N=C\C=C\c2ccccc2)n1. The quantitative estimate of drug-likeness (QED) is 0.408. The summed E-state index contributed by atoms with van der Waals surface area (Å²) in [4.78, 5) is 14.7. The largest absolute Gasteiger partial charge is 0.369 e. The third-order valence-electron chi connectivity index (χ3n) is 2.23. The number of primary amides is 1. The van der Waals surface area contributed by atoms with Crippen LogP contribution >= 0.6 is 11.8 Å². The zero-order chi connectivity index (χ0) is 14.9. The molecule has 0 aliphatic heterocycles. The summed E-state index contributed by atoms with van der Waals surface area (Å²) >= 11 is 1.16. The van der Waals surface area contributed by atoms with Crippen LogP contribution in [0.2, 0.25) is 0 Å².